The molecule has 328 valence electrons. The van der Waals surface area contributed by atoms with E-state index in [0.29, 0.717) is 13.0 Å². The third kappa shape index (κ3) is 26.9. The van der Waals surface area contributed by atoms with Crippen LogP contribution in [0.1, 0.15) is 200 Å². The lowest BCUT2D eigenvalue weighted by atomic mass is 9.85. The van der Waals surface area contributed by atoms with Gasteiger partial charge in [-0.05, 0) is 12.8 Å². The van der Waals surface area contributed by atoms with Gasteiger partial charge in [-0.1, -0.05) is 181 Å². The molecule has 0 amide bonds. The van der Waals surface area contributed by atoms with Crippen molar-refractivity contribution >= 4 is 13.8 Å². The van der Waals surface area contributed by atoms with Gasteiger partial charge in [0.2, 0.25) is 0 Å². The van der Waals surface area contributed by atoms with Crippen LogP contribution in [0.2, 0.25) is 0 Å². The molecule has 0 saturated heterocycles. The first kappa shape index (κ1) is 52.4. The van der Waals surface area contributed by atoms with E-state index in [4.69, 9.17) is 18.5 Å². The monoisotopic (exact) mass is 811 g/mol. The van der Waals surface area contributed by atoms with Gasteiger partial charge in [0.05, 0.1) is 13.2 Å². The fraction of sp³-hybridized carbons (Fsp3) is 0.976. The second kappa shape index (κ2) is 34.2. The second-order valence-electron chi connectivity index (χ2n) is 15.9. The molecule has 0 aromatic heterocycles. The lowest BCUT2D eigenvalue weighted by Gasteiger charge is -2.41. The Bertz CT molecular complexity index is 926. The molecule has 0 bridgehead atoms. The molecule has 6 N–H and O–H groups in total. The fourth-order valence-corrected chi connectivity index (χ4v) is 8.09. The van der Waals surface area contributed by atoms with Crippen molar-refractivity contribution in [2.45, 2.75) is 243 Å². The van der Waals surface area contributed by atoms with Crippen LogP contribution < -0.4 is 0 Å². The number of carbonyl (C=O) groups is 1. The maximum absolute atomic E-state index is 12.7. The number of esters is 1. The van der Waals surface area contributed by atoms with E-state index >= 15 is 0 Å². The molecule has 1 aliphatic rings. The van der Waals surface area contributed by atoms with Crippen molar-refractivity contribution in [3.8, 4) is 0 Å². The maximum atomic E-state index is 12.7. The topological polar surface area (TPSA) is 192 Å². The van der Waals surface area contributed by atoms with Gasteiger partial charge in [0, 0.05) is 13.0 Å². The third-order valence-corrected chi connectivity index (χ3v) is 11.7. The minimum absolute atomic E-state index is 0.0692. The van der Waals surface area contributed by atoms with Gasteiger partial charge in [0.1, 0.15) is 42.7 Å². The first-order chi connectivity index (χ1) is 26.5. The Hall–Kier alpha value is -0.660. The number of phosphoric ester groups is 1. The molecule has 1 fully saturated rings. The lowest BCUT2D eigenvalue weighted by Crippen LogP contribution is -2.64. The number of aliphatic hydroxyl groups is 5. The van der Waals surface area contributed by atoms with Crippen LogP contribution >= 0.6 is 7.82 Å². The smallest absolute Gasteiger partial charge is 0.457 e. The summed E-state index contributed by atoms with van der Waals surface area (Å²) in [7, 11) is -5.00. The van der Waals surface area contributed by atoms with Crippen LogP contribution in [0.5, 0.6) is 0 Å². The fourth-order valence-electron chi connectivity index (χ4n) is 7.12. The number of hydrogen-bond donors (Lipinski definition) is 6. The number of rotatable bonds is 38. The van der Waals surface area contributed by atoms with Crippen LogP contribution in [0.15, 0.2) is 0 Å². The van der Waals surface area contributed by atoms with Crippen molar-refractivity contribution in [2.24, 2.45) is 0 Å². The third-order valence-electron chi connectivity index (χ3n) is 10.7. The lowest BCUT2D eigenvalue weighted by molar-refractivity contribution is -0.220. The van der Waals surface area contributed by atoms with Crippen LogP contribution in [0.25, 0.3) is 0 Å². The Morgan fingerprint density at radius 1 is 0.509 bits per heavy atom. The van der Waals surface area contributed by atoms with E-state index in [1.165, 1.54) is 128 Å². The zero-order valence-corrected chi connectivity index (χ0v) is 35.6. The summed E-state index contributed by atoms with van der Waals surface area (Å²) in [6.07, 6.45) is 22.2. The van der Waals surface area contributed by atoms with Crippen molar-refractivity contribution in [1.82, 2.24) is 0 Å². The Morgan fingerprint density at radius 2 is 0.855 bits per heavy atom. The molecule has 0 aromatic rings. The number of ether oxygens (including phenoxy) is 2. The summed E-state index contributed by atoms with van der Waals surface area (Å²) < 4.78 is 34.0. The van der Waals surface area contributed by atoms with Crippen molar-refractivity contribution in [3.05, 3.63) is 0 Å². The van der Waals surface area contributed by atoms with Crippen LogP contribution in [0.4, 0.5) is 0 Å². The van der Waals surface area contributed by atoms with E-state index < -0.39 is 63.1 Å². The summed E-state index contributed by atoms with van der Waals surface area (Å²) in [6.45, 7) is 4.22. The van der Waals surface area contributed by atoms with E-state index in [1.54, 1.807) is 0 Å². The highest BCUT2D eigenvalue weighted by Crippen LogP contribution is 2.47. The minimum Gasteiger partial charge on any atom is -0.457 e. The van der Waals surface area contributed by atoms with E-state index in [9.17, 15) is 39.8 Å². The molecule has 12 nitrogen and oxygen atoms in total. The van der Waals surface area contributed by atoms with Crippen LogP contribution in [-0.2, 0) is 27.9 Å². The predicted molar refractivity (Wildman–Crippen MR) is 217 cm³/mol. The maximum Gasteiger partial charge on any atom is 0.472 e. The Labute approximate surface area is 334 Å². The van der Waals surface area contributed by atoms with Crippen LogP contribution in [-0.4, -0.2) is 98.9 Å². The number of hydrogen-bond acceptors (Lipinski definition) is 11. The minimum atomic E-state index is -5.00. The number of carbonyl (C=O) groups excluding carboxylic acids is 1. The number of aliphatic hydroxyl groups excluding tert-OH is 5. The molecule has 6 atom stereocenters. The van der Waals surface area contributed by atoms with E-state index in [0.717, 1.165) is 44.9 Å². The van der Waals surface area contributed by atoms with Gasteiger partial charge in [-0.25, -0.2) is 4.57 Å². The standard InChI is InChI=1S/C42H83O12P/c1-3-5-7-9-11-12-13-14-15-16-17-18-19-20-21-22-23-24-26-28-30-32-51-33-35(53-36(43)31-29-27-25-10-8-6-4-2)34-52-55(49,50)54-42-40(47)38(45)37(44)39(46)41(42)48/h35,37-42,44-48H,3-34H2,1-2H3,(H,49,50). The van der Waals surface area contributed by atoms with Gasteiger partial charge in [0.15, 0.2) is 0 Å². The molecule has 0 heterocycles. The molecule has 1 saturated carbocycles. The van der Waals surface area contributed by atoms with Crippen molar-refractivity contribution in [1.29, 1.82) is 0 Å². The molecular weight excluding hydrogens is 727 g/mol. The zero-order chi connectivity index (χ0) is 40.6. The molecule has 0 spiro atoms. The molecular formula is C42H83O12P. The zero-order valence-electron chi connectivity index (χ0n) is 34.7. The molecule has 55 heavy (non-hydrogen) atoms. The summed E-state index contributed by atoms with van der Waals surface area (Å²) in [5.41, 5.74) is 0. The first-order valence-corrected chi connectivity index (χ1v) is 23.9. The molecule has 6 unspecified atom stereocenters. The summed E-state index contributed by atoms with van der Waals surface area (Å²) in [5, 5.41) is 50.0. The quantitative estimate of drug-likeness (QED) is 0.0198. The predicted octanol–water partition coefficient (Wildman–Crippen LogP) is 8.59. The van der Waals surface area contributed by atoms with Gasteiger partial charge in [-0.15, -0.1) is 0 Å². The molecule has 0 aromatic carbocycles. The van der Waals surface area contributed by atoms with Gasteiger partial charge < -0.3 is 39.9 Å². The van der Waals surface area contributed by atoms with E-state index in [2.05, 4.69) is 13.8 Å². The Balaban J connectivity index is 2.27. The number of phosphoric acid groups is 1. The van der Waals surface area contributed by atoms with E-state index in [1.807, 2.05) is 0 Å². The van der Waals surface area contributed by atoms with Gasteiger partial charge in [-0.2, -0.15) is 0 Å². The average Bonchev–Trinajstić information content (AvgIpc) is 3.17. The largest absolute Gasteiger partial charge is 0.472 e. The normalized spacial score (nSPS) is 23.1. The molecule has 13 heteroatoms. The molecule has 1 rings (SSSR count). The summed E-state index contributed by atoms with van der Waals surface area (Å²) in [4.78, 5) is 22.9. The Morgan fingerprint density at radius 3 is 1.25 bits per heavy atom. The molecule has 1 aliphatic carbocycles. The van der Waals surface area contributed by atoms with Crippen LogP contribution in [0, 0.1) is 0 Å². The average molecular weight is 811 g/mol. The Kier molecular flexibility index (Phi) is 32.6. The van der Waals surface area contributed by atoms with Crippen molar-refractivity contribution in [2.75, 3.05) is 19.8 Å². The van der Waals surface area contributed by atoms with Gasteiger partial charge >= 0.3 is 13.8 Å². The highest BCUT2D eigenvalue weighted by molar-refractivity contribution is 7.47. The second-order valence-corrected chi connectivity index (χ2v) is 17.3. The summed E-state index contributed by atoms with van der Waals surface area (Å²) in [6, 6.07) is 0. The summed E-state index contributed by atoms with van der Waals surface area (Å²) >= 11 is 0. The highest BCUT2D eigenvalue weighted by Gasteiger charge is 2.51. The van der Waals surface area contributed by atoms with Crippen molar-refractivity contribution < 1.29 is 58.3 Å². The van der Waals surface area contributed by atoms with Crippen molar-refractivity contribution in [3.63, 3.8) is 0 Å². The van der Waals surface area contributed by atoms with Crippen LogP contribution in [0.3, 0.4) is 0 Å². The van der Waals surface area contributed by atoms with Gasteiger partial charge in [-0.3, -0.25) is 13.8 Å². The molecule has 0 radical (unpaired) electrons. The first-order valence-electron chi connectivity index (χ1n) is 22.4. The van der Waals surface area contributed by atoms with E-state index in [-0.39, 0.29) is 13.0 Å². The van der Waals surface area contributed by atoms with Gasteiger partial charge in [0.25, 0.3) is 0 Å². The highest BCUT2D eigenvalue weighted by atomic mass is 31.2. The number of unbranched alkanes of at least 4 members (excludes halogenated alkanes) is 26. The SMILES string of the molecule is CCCCCCCCCCCCCCCCCCCCCCCOCC(COP(=O)(O)OC1C(O)C(O)C(O)C(O)C1O)OC(=O)CCCCCCCCC. The summed E-state index contributed by atoms with van der Waals surface area (Å²) in [5.74, 6) is -0.480. The molecule has 0 aliphatic heterocycles.